The first kappa shape index (κ1) is 8.58. The maximum absolute atomic E-state index is 11.1. The van der Waals surface area contributed by atoms with Gasteiger partial charge in [0.05, 0.1) is 0 Å². The van der Waals surface area contributed by atoms with Gasteiger partial charge in [-0.25, -0.2) is 4.79 Å². The number of rotatable bonds is 1. The molecule has 12 heavy (non-hydrogen) atoms. The van der Waals surface area contributed by atoms with Gasteiger partial charge in [-0.05, 0) is 0 Å². The van der Waals surface area contributed by atoms with Gasteiger partial charge >= 0.3 is 5.69 Å². The quantitative estimate of drug-likeness (QED) is 0.595. The highest BCUT2D eigenvalue weighted by atomic mass is 16.2. The Morgan fingerprint density at radius 3 is 2.42 bits per heavy atom. The normalized spacial score (nSPS) is 9.92. The molecule has 0 spiro atoms. The molecule has 0 radical (unpaired) electrons. The lowest BCUT2D eigenvalue weighted by Gasteiger charge is -2.10. The maximum Gasteiger partial charge on any atom is 0.329 e. The Kier molecular flexibility index (Phi) is 2.03. The van der Waals surface area contributed by atoms with Crippen LogP contribution in [-0.2, 0) is 7.05 Å². The molecule has 0 saturated carbocycles. The number of nitrogens with zero attached hydrogens (tertiary/aromatic N) is 2. The molecule has 1 N–H and O–H groups in total. The third-order valence-corrected chi connectivity index (χ3v) is 1.61. The third-order valence-electron chi connectivity index (χ3n) is 1.61. The summed E-state index contributed by atoms with van der Waals surface area (Å²) in [5.74, 6) is 0.517. The predicted molar refractivity (Wildman–Crippen MR) is 46.6 cm³/mol. The summed E-state index contributed by atoms with van der Waals surface area (Å²) < 4.78 is 1.02. The van der Waals surface area contributed by atoms with Crippen LogP contribution in [0.3, 0.4) is 0 Å². The molecule has 1 rings (SSSR count). The van der Waals surface area contributed by atoms with Crippen LogP contribution in [-0.4, -0.2) is 23.6 Å². The molecule has 5 heteroatoms. The van der Waals surface area contributed by atoms with Gasteiger partial charge < -0.3 is 4.90 Å². The second kappa shape index (κ2) is 2.84. The summed E-state index contributed by atoms with van der Waals surface area (Å²) in [6, 6.07) is 1.38. The number of anilines is 1. The monoisotopic (exact) mass is 169 g/mol. The van der Waals surface area contributed by atoms with Crippen molar-refractivity contribution in [2.24, 2.45) is 7.05 Å². The maximum atomic E-state index is 11.1. The van der Waals surface area contributed by atoms with E-state index in [1.807, 2.05) is 0 Å². The third kappa shape index (κ3) is 1.39. The lowest BCUT2D eigenvalue weighted by Crippen LogP contribution is -2.33. The highest BCUT2D eigenvalue weighted by Gasteiger charge is 2.00. The predicted octanol–water partition coefficient (Wildman–Crippen LogP) is -0.860. The lowest BCUT2D eigenvalue weighted by atomic mass is 10.5. The van der Waals surface area contributed by atoms with E-state index in [0.717, 1.165) is 4.57 Å². The molecule has 1 heterocycles. The number of H-pyrrole nitrogens is 1. The second-order valence-corrected chi connectivity index (χ2v) is 2.75. The molecule has 0 atom stereocenters. The van der Waals surface area contributed by atoms with E-state index in [1.165, 1.54) is 13.1 Å². The highest BCUT2D eigenvalue weighted by molar-refractivity contribution is 5.33. The lowest BCUT2D eigenvalue weighted by molar-refractivity contribution is 0.770. The van der Waals surface area contributed by atoms with Crippen molar-refractivity contribution in [2.45, 2.75) is 0 Å². The van der Waals surface area contributed by atoms with Crippen LogP contribution in [0.25, 0.3) is 0 Å². The van der Waals surface area contributed by atoms with Gasteiger partial charge in [0.1, 0.15) is 5.82 Å². The number of hydrogen-bond donors (Lipinski definition) is 1. The average Bonchev–Trinajstić information content (AvgIpc) is 1.99. The van der Waals surface area contributed by atoms with Gasteiger partial charge in [0.2, 0.25) is 0 Å². The van der Waals surface area contributed by atoms with Crippen molar-refractivity contribution < 1.29 is 0 Å². The van der Waals surface area contributed by atoms with E-state index in [4.69, 9.17) is 0 Å². The minimum atomic E-state index is -0.397. The van der Waals surface area contributed by atoms with Crippen molar-refractivity contribution in [3.63, 3.8) is 0 Å². The van der Waals surface area contributed by atoms with Crippen molar-refractivity contribution >= 4 is 5.82 Å². The molecule has 0 aromatic carbocycles. The van der Waals surface area contributed by atoms with Crippen LogP contribution >= 0.6 is 0 Å². The molecule has 1 aromatic heterocycles. The van der Waals surface area contributed by atoms with Crippen LogP contribution in [0, 0.1) is 0 Å². The molecule has 0 bridgehead atoms. The van der Waals surface area contributed by atoms with Gasteiger partial charge in [0, 0.05) is 27.2 Å². The summed E-state index contributed by atoms with van der Waals surface area (Å²) in [5.41, 5.74) is -0.700. The first-order chi connectivity index (χ1) is 5.52. The Bertz CT molecular complexity index is 357. The number of aromatic amines is 1. The zero-order valence-corrected chi connectivity index (χ0v) is 7.29. The number of nitrogens with one attached hydrogen (secondary N) is 1. The fourth-order valence-corrected chi connectivity index (χ4v) is 0.784. The minimum absolute atomic E-state index is 0.303. The van der Waals surface area contributed by atoms with Gasteiger partial charge in [-0.3, -0.25) is 14.3 Å². The first-order valence-corrected chi connectivity index (χ1v) is 3.50. The molecule has 0 unspecified atom stereocenters. The van der Waals surface area contributed by atoms with Crippen molar-refractivity contribution in [2.75, 3.05) is 19.0 Å². The van der Waals surface area contributed by atoms with Crippen LogP contribution in [0.5, 0.6) is 0 Å². The SMILES string of the molecule is CN(C)c1cc(=O)n(C)c(=O)[nH]1. The molecule has 0 amide bonds. The average molecular weight is 169 g/mol. The Labute approximate surface area is 69.3 Å². The van der Waals surface area contributed by atoms with Gasteiger partial charge in [-0.2, -0.15) is 0 Å². The van der Waals surface area contributed by atoms with Crippen LogP contribution in [0.2, 0.25) is 0 Å². The topological polar surface area (TPSA) is 58.1 Å². The van der Waals surface area contributed by atoms with Crippen molar-refractivity contribution in [1.82, 2.24) is 9.55 Å². The van der Waals surface area contributed by atoms with E-state index >= 15 is 0 Å². The minimum Gasteiger partial charge on any atom is -0.364 e. The van der Waals surface area contributed by atoms with Crippen LogP contribution in [0.4, 0.5) is 5.82 Å². The molecule has 0 aliphatic rings. The van der Waals surface area contributed by atoms with E-state index in [0.29, 0.717) is 5.82 Å². The van der Waals surface area contributed by atoms with E-state index < -0.39 is 5.69 Å². The van der Waals surface area contributed by atoms with E-state index in [9.17, 15) is 9.59 Å². The van der Waals surface area contributed by atoms with Crippen molar-refractivity contribution in [1.29, 1.82) is 0 Å². The first-order valence-electron chi connectivity index (χ1n) is 3.50. The summed E-state index contributed by atoms with van der Waals surface area (Å²) in [5, 5.41) is 0. The summed E-state index contributed by atoms with van der Waals surface area (Å²) in [4.78, 5) is 26.3. The molecule has 0 fully saturated rings. The molecule has 1 aromatic rings. The molecule has 66 valence electrons. The Morgan fingerprint density at radius 1 is 1.42 bits per heavy atom. The fraction of sp³-hybridized carbons (Fsp3) is 0.429. The second-order valence-electron chi connectivity index (χ2n) is 2.75. The number of hydrogen-bond acceptors (Lipinski definition) is 3. The van der Waals surface area contributed by atoms with Gasteiger partial charge in [0.25, 0.3) is 5.56 Å². The molecular weight excluding hydrogens is 158 g/mol. The summed E-state index contributed by atoms with van der Waals surface area (Å²) in [6.45, 7) is 0. The molecule has 0 aliphatic carbocycles. The van der Waals surface area contributed by atoms with Crippen molar-refractivity contribution in [3.05, 3.63) is 26.9 Å². The van der Waals surface area contributed by atoms with Gasteiger partial charge in [-0.15, -0.1) is 0 Å². The standard InChI is InChI=1S/C7H11N3O2/c1-9(2)5-4-6(11)10(3)7(12)8-5/h4H,1-3H3,(H,8,12). The van der Waals surface area contributed by atoms with E-state index in [-0.39, 0.29) is 5.56 Å². The van der Waals surface area contributed by atoms with Crippen LogP contribution in [0.15, 0.2) is 15.7 Å². The molecule has 0 aliphatic heterocycles. The zero-order chi connectivity index (χ0) is 9.30. The van der Waals surface area contributed by atoms with Gasteiger partial charge in [0.15, 0.2) is 0 Å². The summed E-state index contributed by atoms with van der Waals surface area (Å²) >= 11 is 0. The highest BCUT2D eigenvalue weighted by Crippen LogP contribution is 1.96. The van der Waals surface area contributed by atoms with E-state index in [1.54, 1.807) is 19.0 Å². The van der Waals surface area contributed by atoms with E-state index in [2.05, 4.69) is 4.98 Å². The number of aromatic nitrogens is 2. The molecule has 0 saturated heterocycles. The molecular formula is C7H11N3O2. The Hall–Kier alpha value is -1.52. The van der Waals surface area contributed by atoms with Crippen molar-refractivity contribution in [3.8, 4) is 0 Å². The smallest absolute Gasteiger partial charge is 0.329 e. The van der Waals surface area contributed by atoms with Crippen LogP contribution in [0.1, 0.15) is 0 Å². The fourth-order valence-electron chi connectivity index (χ4n) is 0.784. The van der Waals surface area contributed by atoms with Crippen LogP contribution < -0.4 is 16.1 Å². The van der Waals surface area contributed by atoms with Gasteiger partial charge in [-0.1, -0.05) is 0 Å². The Morgan fingerprint density at radius 2 is 2.00 bits per heavy atom. The Balaban J connectivity index is 3.42. The zero-order valence-electron chi connectivity index (χ0n) is 7.29. The summed E-state index contributed by atoms with van der Waals surface area (Å²) in [6.07, 6.45) is 0. The molecule has 5 nitrogen and oxygen atoms in total. The largest absolute Gasteiger partial charge is 0.364 e. The summed E-state index contributed by atoms with van der Waals surface area (Å²) in [7, 11) is 4.94.